The van der Waals surface area contributed by atoms with Gasteiger partial charge in [-0.1, -0.05) is 24.3 Å². The fourth-order valence-corrected chi connectivity index (χ4v) is 3.80. The number of nitrogens with zero attached hydrogens (tertiary/aromatic N) is 4. The predicted molar refractivity (Wildman–Crippen MR) is 129 cm³/mol. The third-order valence-corrected chi connectivity index (χ3v) is 5.37. The minimum atomic E-state index is 0.571. The zero-order valence-corrected chi connectivity index (χ0v) is 17.9. The highest BCUT2D eigenvalue weighted by atomic mass is 15.1. The smallest absolute Gasteiger partial charge is 0.116 e. The largest absolute Gasteiger partial charge is 0.385 e. The van der Waals surface area contributed by atoms with Crippen molar-refractivity contribution in [2.24, 2.45) is 0 Å². The topological polar surface area (TPSA) is 101 Å². The Morgan fingerprint density at radius 1 is 1.16 bits per heavy atom. The normalized spacial score (nSPS) is 12.2. The van der Waals surface area contributed by atoms with Crippen LogP contribution < -0.4 is 5.73 Å². The molecule has 4 N–H and O–H groups in total. The van der Waals surface area contributed by atoms with Crippen LogP contribution in [0.4, 0.5) is 5.82 Å². The summed E-state index contributed by atoms with van der Waals surface area (Å²) in [4.78, 5) is 11.9. The van der Waals surface area contributed by atoms with Crippen LogP contribution in [0.2, 0.25) is 0 Å². The Morgan fingerprint density at radius 2 is 2.06 bits per heavy atom. The van der Waals surface area contributed by atoms with Crippen LogP contribution in [-0.4, -0.2) is 29.7 Å². The number of aryl methyl sites for hydroxylation is 1. The number of imidazole rings is 1. The molecule has 1 aromatic carbocycles. The van der Waals surface area contributed by atoms with E-state index in [9.17, 15) is 0 Å². The number of nitrogens with one attached hydrogen (secondary N) is 2. The van der Waals surface area contributed by atoms with Crippen molar-refractivity contribution in [2.75, 3.05) is 5.73 Å². The summed E-state index contributed by atoms with van der Waals surface area (Å²) in [5.74, 6) is 0.571. The van der Waals surface area contributed by atoms with Gasteiger partial charge >= 0.3 is 0 Å². The van der Waals surface area contributed by atoms with Crippen LogP contribution in [0.15, 0.2) is 79.5 Å². The number of allylic oxidation sites excluding steroid dienone is 3. The molecule has 0 aliphatic heterocycles. The number of benzene rings is 1. The molecule has 0 saturated heterocycles. The predicted octanol–water partition coefficient (Wildman–Crippen LogP) is 5.17. The van der Waals surface area contributed by atoms with Crippen molar-refractivity contribution in [1.82, 2.24) is 29.7 Å². The van der Waals surface area contributed by atoms with E-state index in [1.54, 1.807) is 12.5 Å². The van der Waals surface area contributed by atoms with E-state index in [-0.39, 0.29) is 0 Å². The van der Waals surface area contributed by atoms with E-state index in [2.05, 4.69) is 37.3 Å². The van der Waals surface area contributed by atoms with E-state index in [0.717, 1.165) is 50.4 Å². The first-order valence-electron chi connectivity index (χ1n) is 10.4. The Bertz CT molecular complexity index is 1450. The molecule has 5 rings (SSSR count). The quantitative estimate of drug-likeness (QED) is 0.341. The highest BCUT2D eigenvalue weighted by molar-refractivity contribution is 5.96. The second-order valence-electron chi connectivity index (χ2n) is 7.58. The second kappa shape index (κ2) is 8.03. The summed E-state index contributed by atoms with van der Waals surface area (Å²) in [5.41, 5.74) is 13.9. The summed E-state index contributed by atoms with van der Waals surface area (Å²) < 4.78 is 1.97. The van der Waals surface area contributed by atoms with Crippen LogP contribution in [0.1, 0.15) is 18.2 Å². The van der Waals surface area contributed by atoms with Crippen LogP contribution in [0.3, 0.4) is 0 Å². The molecule has 0 spiro atoms. The molecule has 7 heteroatoms. The average molecular weight is 422 g/mol. The number of aromatic nitrogens is 6. The molecule has 0 aliphatic rings. The molecule has 0 fully saturated rings. The molecule has 4 aromatic heterocycles. The van der Waals surface area contributed by atoms with Gasteiger partial charge in [0.1, 0.15) is 11.5 Å². The molecular weight excluding hydrogens is 398 g/mol. The molecule has 0 radical (unpaired) electrons. The Kier molecular flexibility index (Phi) is 4.91. The van der Waals surface area contributed by atoms with Gasteiger partial charge in [0.05, 0.1) is 28.9 Å². The zero-order valence-electron chi connectivity index (χ0n) is 17.9. The number of fused-ring (bicyclic) bond motifs is 1. The fraction of sp³-hybridized carbons (Fsp3) is 0.0800. The van der Waals surface area contributed by atoms with Crippen molar-refractivity contribution in [3.8, 4) is 22.5 Å². The molecule has 0 bridgehead atoms. The van der Waals surface area contributed by atoms with E-state index in [4.69, 9.17) is 5.73 Å². The molecular formula is C25H23N7. The number of pyridine rings is 1. The van der Waals surface area contributed by atoms with E-state index in [1.807, 2.05) is 73.3 Å². The lowest BCUT2D eigenvalue weighted by molar-refractivity contribution is 1.09. The molecule has 0 unspecified atom stereocenters. The third kappa shape index (κ3) is 3.50. The first-order chi connectivity index (χ1) is 15.6. The summed E-state index contributed by atoms with van der Waals surface area (Å²) in [6, 6.07) is 12.2. The number of hydrogen-bond acceptors (Lipinski definition) is 4. The number of rotatable bonds is 5. The standard InChI is InChI=1S/C25H23N7/c1-3-4-7-23(32-14-16(2)28-15-32)20-12-22(29-25(20)26)24-19-11-17(8-9-21(19)30-31-24)18-6-5-10-27-13-18/h3-15,29H,26H2,1-2H3,(H,30,31)/b4-3?,23-7+. The second-order valence-corrected chi connectivity index (χ2v) is 7.58. The molecule has 158 valence electrons. The van der Waals surface area contributed by atoms with Crippen molar-refractivity contribution in [1.29, 1.82) is 0 Å². The number of anilines is 1. The van der Waals surface area contributed by atoms with Gasteiger partial charge in [0.25, 0.3) is 0 Å². The molecule has 0 amide bonds. The molecule has 5 aromatic rings. The number of hydrogen-bond donors (Lipinski definition) is 3. The van der Waals surface area contributed by atoms with Gasteiger partial charge in [-0.05, 0) is 49.8 Å². The zero-order chi connectivity index (χ0) is 22.1. The van der Waals surface area contributed by atoms with Gasteiger partial charge in [-0.2, -0.15) is 5.10 Å². The Hall–Kier alpha value is -4.39. The Balaban J connectivity index is 1.61. The van der Waals surface area contributed by atoms with Crippen LogP contribution in [0.25, 0.3) is 39.1 Å². The van der Waals surface area contributed by atoms with Crippen LogP contribution >= 0.6 is 0 Å². The van der Waals surface area contributed by atoms with E-state index in [1.165, 1.54) is 0 Å². The minimum absolute atomic E-state index is 0.571. The fourth-order valence-electron chi connectivity index (χ4n) is 3.80. The van der Waals surface area contributed by atoms with E-state index >= 15 is 0 Å². The van der Waals surface area contributed by atoms with Gasteiger partial charge in [-0.3, -0.25) is 10.1 Å². The van der Waals surface area contributed by atoms with Gasteiger partial charge < -0.3 is 15.3 Å². The number of nitrogens with two attached hydrogens (primary N) is 1. The average Bonchev–Trinajstić information content (AvgIpc) is 3.53. The van der Waals surface area contributed by atoms with Crippen LogP contribution in [0.5, 0.6) is 0 Å². The Labute approximate surface area is 185 Å². The molecule has 0 saturated carbocycles. The number of H-pyrrole nitrogens is 2. The highest BCUT2D eigenvalue weighted by Gasteiger charge is 2.17. The lowest BCUT2D eigenvalue weighted by Crippen LogP contribution is -1.98. The molecule has 4 heterocycles. The lowest BCUT2D eigenvalue weighted by atomic mass is 10.0. The lowest BCUT2D eigenvalue weighted by Gasteiger charge is -2.07. The van der Waals surface area contributed by atoms with Crippen molar-refractivity contribution in [3.05, 3.63) is 90.8 Å². The van der Waals surface area contributed by atoms with Crippen molar-refractivity contribution >= 4 is 22.4 Å². The van der Waals surface area contributed by atoms with E-state index < -0.39 is 0 Å². The van der Waals surface area contributed by atoms with Crippen molar-refractivity contribution < 1.29 is 0 Å². The first kappa shape index (κ1) is 19.6. The van der Waals surface area contributed by atoms with Gasteiger partial charge in [-0.15, -0.1) is 0 Å². The summed E-state index contributed by atoms with van der Waals surface area (Å²) >= 11 is 0. The molecule has 7 nitrogen and oxygen atoms in total. The SMILES string of the molecule is CC=C/C=C(\c1cc(-c2n[nH]c3ccc(-c4cccnc4)cc23)[nH]c1N)n1cnc(C)c1. The first-order valence-corrected chi connectivity index (χ1v) is 10.4. The minimum Gasteiger partial charge on any atom is -0.385 e. The summed E-state index contributed by atoms with van der Waals surface area (Å²) in [5, 5.41) is 8.71. The van der Waals surface area contributed by atoms with Crippen molar-refractivity contribution in [3.63, 3.8) is 0 Å². The molecule has 0 atom stereocenters. The van der Waals surface area contributed by atoms with E-state index in [0.29, 0.717) is 5.82 Å². The Morgan fingerprint density at radius 3 is 2.81 bits per heavy atom. The molecule has 0 aliphatic carbocycles. The maximum Gasteiger partial charge on any atom is 0.116 e. The summed E-state index contributed by atoms with van der Waals surface area (Å²) in [6.45, 7) is 3.94. The monoisotopic (exact) mass is 421 g/mol. The molecule has 32 heavy (non-hydrogen) atoms. The highest BCUT2D eigenvalue weighted by Crippen LogP contribution is 2.34. The number of nitrogen functional groups attached to an aromatic ring is 1. The van der Waals surface area contributed by atoms with Gasteiger partial charge in [0, 0.05) is 35.1 Å². The summed E-state index contributed by atoms with van der Waals surface area (Å²) in [7, 11) is 0. The van der Waals surface area contributed by atoms with Crippen LogP contribution in [-0.2, 0) is 0 Å². The van der Waals surface area contributed by atoms with Gasteiger partial charge in [0.15, 0.2) is 0 Å². The maximum absolute atomic E-state index is 6.43. The van der Waals surface area contributed by atoms with Gasteiger partial charge in [-0.25, -0.2) is 4.98 Å². The van der Waals surface area contributed by atoms with Gasteiger partial charge in [0.2, 0.25) is 0 Å². The summed E-state index contributed by atoms with van der Waals surface area (Å²) in [6.07, 6.45) is 13.4. The van der Waals surface area contributed by atoms with Crippen molar-refractivity contribution in [2.45, 2.75) is 13.8 Å². The number of aromatic amines is 2. The van der Waals surface area contributed by atoms with Crippen LogP contribution in [0, 0.1) is 6.92 Å². The third-order valence-electron chi connectivity index (χ3n) is 5.37. The maximum atomic E-state index is 6.43.